The summed E-state index contributed by atoms with van der Waals surface area (Å²) < 4.78 is 38.2. The fraction of sp³-hybridized carbons (Fsp3) is 0.400. The second kappa shape index (κ2) is 19.1. The summed E-state index contributed by atoms with van der Waals surface area (Å²) >= 11 is 0. The van der Waals surface area contributed by atoms with Crippen molar-refractivity contribution in [2.24, 2.45) is 10.8 Å². The number of allylic oxidation sites excluding steroid dienone is 6. The number of carbonyl (C=O) groups is 4. The summed E-state index contributed by atoms with van der Waals surface area (Å²) in [5.74, 6) is -3.25. The first-order valence-electron chi connectivity index (χ1n) is 17.4. The van der Waals surface area contributed by atoms with E-state index in [1.54, 1.807) is 74.6 Å². The number of carbonyl (C=O) groups excluding carboxylic acids is 4. The number of nitrogens with zero attached hydrogens (tertiary/aromatic N) is 2. The molecule has 0 amide bonds. The minimum absolute atomic E-state index is 0.00840. The maximum atomic E-state index is 13.3. The largest absolute Gasteiger partial charge is 0.468 e. The van der Waals surface area contributed by atoms with Gasteiger partial charge in [0.25, 0.3) is 0 Å². The number of cyclic esters (lactones) is 2. The van der Waals surface area contributed by atoms with Crippen LogP contribution in [0.4, 0.5) is 0 Å². The Balaban J connectivity index is 1.68. The van der Waals surface area contributed by atoms with Crippen molar-refractivity contribution in [2.75, 3.05) is 14.2 Å². The van der Waals surface area contributed by atoms with Gasteiger partial charge in [-0.3, -0.25) is 9.59 Å². The summed E-state index contributed by atoms with van der Waals surface area (Å²) in [6.07, 6.45) is 18.3. The fourth-order valence-electron chi connectivity index (χ4n) is 5.72. The van der Waals surface area contributed by atoms with Crippen LogP contribution in [0.2, 0.25) is 0 Å². The van der Waals surface area contributed by atoms with Crippen molar-refractivity contribution in [3.63, 3.8) is 0 Å². The highest BCUT2D eigenvalue weighted by atomic mass is 16.6. The van der Waals surface area contributed by atoms with Gasteiger partial charge in [0.15, 0.2) is 11.4 Å². The van der Waals surface area contributed by atoms with Crippen LogP contribution in [-0.4, -0.2) is 94.9 Å². The van der Waals surface area contributed by atoms with Gasteiger partial charge in [0.05, 0.1) is 26.4 Å². The highest BCUT2D eigenvalue weighted by Gasteiger charge is 2.51. The van der Waals surface area contributed by atoms with Crippen molar-refractivity contribution in [1.29, 1.82) is 0 Å². The van der Waals surface area contributed by atoms with Crippen LogP contribution in [0.1, 0.15) is 73.3 Å². The number of aliphatic hydroxyl groups is 2. The Hall–Kier alpha value is -5.64. The Morgan fingerprint density at radius 2 is 1.22 bits per heavy atom. The van der Waals surface area contributed by atoms with E-state index < -0.39 is 71.3 Å². The molecule has 15 heteroatoms. The normalized spacial score (nSPS) is 27.2. The number of esters is 4. The van der Waals surface area contributed by atoms with Gasteiger partial charge in [-0.1, -0.05) is 66.8 Å². The lowest BCUT2D eigenvalue weighted by molar-refractivity contribution is -0.168. The topological polar surface area (TPSA) is 210 Å². The second-order valence-corrected chi connectivity index (χ2v) is 12.9. The number of ether oxygens (including phenoxy) is 5. The molecule has 2 aromatic heterocycles. The first-order chi connectivity index (χ1) is 26.3. The van der Waals surface area contributed by atoms with Crippen molar-refractivity contribution < 1.29 is 61.9 Å². The van der Waals surface area contributed by atoms with Crippen LogP contribution in [0.15, 0.2) is 94.3 Å². The molecule has 8 unspecified atom stereocenters. The highest BCUT2D eigenvalue weighted by Crippen LogP contribution is 2.36. The number of aliphatic hydroxyl groups excluding tert-OH is 2. The van der Waals surface area contributed by atoms with Crippen LogP contribution >= 0.6 is 0 Å². The number of epoxide rings is 1. The van der Waals surface area contributed by atoms with Gasteiger partial charge in [0.2, 0.25) is 11.8 Å². The molecule has 0 aliphatic carbocycles. The smallest absolute Gasteiger partial charge is 0.360 e. The maximum absolute atomic E-state index is 13.3. The van der Waals surface area contributed by atoms with E-state index in [4.69, 9.17) is 32.5 Å². The van der Waals surface area contributed by atoms with E-state index in [1.165, 1.54) is 52.4 Å². The molecule has 0 aromatic carbocycles. The molecule has 1 saturated heterocycles. The molecular weight excluding hydrogens is 716 g/mol. The van der Waals surface area contributed by atoms with Crippen LogP contribution in [0.5, 0.6) is 0 Å². The lowest BCUT2D eigenvalue weighted by atomic mass is 9.76. The van der Waals surface area contributed by atoms with E-state index in [2.05, 4.69) is 9.97 Å². The van der Waals surface area contributed by atoms with Gasteiger partial charge in [0, 0.05) is 18.9 Å². The van der Waals surface area contributed by atoms with Crippen LogP contribution in [0, 0.1) is 10.8 Å². The summed E-state index contributed by atoms with van der Waals surface area (Å²) in [7, 11) is 2.35. The number of hydrogen-bond acceptors (Lipinski definition) is 15. The van der Waals surface area contributed by atoms with Crippen molar-refractivity contribution in [3.8, 4) is 0 Å². The highest BCUT2D eigenvalue weighted by molar-refractivity contribution is 5.88. The zero-order valence-corrected chi connectivity index (χ0v) is 31.4. The minimum Gasteiger partial charge on any atom is -0.468 e. The molecular formula is C40H46N2O13. The summed E-state index contributed by atoms with van der Waals surface area (Å²) in [5, 5.41) is 22.1. The van der Waals surface area contributed by atoms with Crippen LogP contribution in [0.3, 0.4) is 0 Å². The first-order valence-corrected chi connectivity index (χ1v) is 17.4. The number of aromatic nitrogens is 2. The average Bonchev–Trinajstić information content (AvgIpc) is 3.49. The van der Waals surface area contributed by atoms with Gasteiger partial charge in [0.1, 0.15) is 47.8 Å². The third kappa shape index (κ3) is 10.1. The van der Waals surface area contributed by atoms with Gasteiger partial charge in [-0.2, -0.15) is 0 Å². The quantitative estimate of drug-likeness (QED) is 0.159. The molecule has 8 atom stereocenters. The summed E-state index contributed by atoms with van der Waals surface area (Å²) in [5.41, 5.74) is -3.77. The molecule has 2 aliphatic heterocycles. The molecule has 294 valence electrons. The average molecular weight is 763 g/mol. The molecule has 0 radical (unpaired) electrons. The zero-order chi connectivity index (χ0) is 40.2. The third-order valence-electron chi connectivity index (χ3n) is 9.25. The Labute approximate surface area is 318 Å². The van der Waals surface area contributed by atoms with Gasteiger partial charge < -0.3 is 42.7 Å². The van der Waals surface area contributed by atoms with E-state index >= 15 is 0 Å². The lowest BCUT2D eigenvalue weighted by Crippen LogP contribution is -2.50. The number of methoxy groups -OCH3 is 2. The lowest BCUT2D eigenvalue weighted by Gasteiger charge is -2.36. The number of rotatable bonds is 8. The van der Waals surface area contributed by atoms with Crippen molar-refractivity contribution in [1.82, 2.24) is 9.97 Å². The number of hydrogen-bond donors (Lipinski definition) is 2. The Kier molecular flexibility index (Phi) is 14.6. The Bertz CT molecular complexity index is 1880. The van der Waals surface area contributed by atoms with E-state index in [-0.39, 0.29) is 36.0 Å². The minimum atomic E-state index is -1.72. The van der Waals surface area contributed by atoms with Crippen molar-refractivity contribution in [3.05, 3.63) is 109 Å². The van der Waals surface area contributed by atoms with Crippen molar-refractivity contribution >= 4 is 36.0 Å². The molecule has 4 heterocycles. The molecule has 15 nitrogen and oxygen atoms in total. The van der Waals surface area contributed by atoms with E-state index in [0.29, 0.717) is 0 Å². The maximum Gasteiger partial charge on any atom is 0.360 e. The predicted octanol–water partition coefficient (Wildman–Crippen LogP) is 4.90. The Morgan fingerprint density at radius 1 is 0.745 bits per heavy atom. The Morgan fingerprint density at radius 3 is 1.73 bits per heavy atom. The molecule has 4 rings (SSSR count). The first kappa shape index (κ1) is 42.1. The molecule has 2 N–H and O–H groups in total. The van der Waals surface area contributed by atoms with E-state index in [9.17, 15) is 29.4 Å². The molecule has 1 fully saturated rings. The predicted molar refractivity (Wildman–Crippen MR) is 197 cm³/mol. The van der Waals surface area contributed by atoms with Crippen LogP contribution < -0.4 is 0 Å². The fourth-order valence-corrected chi connectivity index (χ4v) is 5.72. The molecule has 55 heavy (non-hydrogen) atoms. The number of oxazole rings is 2. The molecule has 4 bridgehead atoms. The van der Waals surface area contributed by atoms with Gasteiger partial charge in [-0.25, -0.2) is 19.6 Å². The molecule has 2 aromatic rings. The molecule has 2 aliphatic rings. The van der Waals surface area contributed by atoms with Crippen LogP contribution in [-0.2, 0) is 33.3 Å². The third-order valence-corrected chi connectivity index (χ3v) is 9.25. The van der Waals surface area contributed by atoms with Gasteiger partial charge in [-0.05, 0) is 39.8 Å². The SMILES string of the molecule is C/C=C/C(O)C(C)(C(=O)OC)C1C/C=C\C2OC2/C=C/c2nc(co2)C(=O)OC(C(C)(C(=O)OC)C(O)/C=C/C)C\C=C/C=C/C=C/c2nc(co2)C(=O)O1. The molecule has 0 saturated carbocycles. The standard InChI is InChI=1S/C40H46N2O13/c1-7-15-29(43)39(3,37(47)49-5)31-18-12-10-9-11-13-20-33-41-25(23-51-33)35(45)55-32(40(4,38(48)50-6)30(44)16-8-2)19-14-17-27-28(53-27)21-22-34-42-26(24-52-34)36(46)54-31/h7-17,20-24,27-32,43-44H,18-19H2,1-6H3/b11-9+,12-10-,15-7+,16-8+,17-14-,20-13+,22-21+. The van der Waals surface area contributed by atoms with E-state index in [0.717, 1.165) is 12.5 Å². The van der Waals surface area contributed by atoms with Gasteiger partial charge in [-0.15, -0.1) is 0 Å². The zero-order valence-electron chi connectivity index (χ0n) is 31.4. The summed E-state index contributed by atoms with van der Waals surface area (Å²) in [6.45, 7) is 6.23. The van der Waals surface area contributed by atoms with E-state index in [1.807, 2.05) is 0 Å². The molecule has 0 spiro atoms. The van der Waals surface area contributed by atoms with Crippen LogP contribution in [0.25, 0.3) is 12.2 Å². The summed E-state index contributed by atoms with van der Waals surface area (Å²) in [4.78, 5) is 61.2. The van der Waals surface area contributed by atoms with Crippen molar-refractivity contribution in [2.45, 2.75) is 77.2 Å². The monoisotopic (exact) mass is 762 g/mol. The summed E-state index contributed by atoms with van der Waals surface area (Å²) in [6, 6.07) is 0. The van der Waals surface area contributed by atoms with Gasteiger partial charge >= 0.3 is 23.9 Å². The number of fused-ring (bicyclic) bond motifs is 5. The second-order valence-electron chi connectivity index (χ2n) is 12.9.